The van der Waals surface area contributed by atoms with Crippen molar-refractivity contribution in [3.05, 3.63) is 138 Å². The molecule has 0 atom stereocenters. The molecule has 0 bridgehead atoms. The number of hydrogen-bond acceptors (Lipinski definition) is 1. The van der Waals surface area contributed by atoms with Gasteiger partial charge < -0.3 is 0 Å². The van der Waals surface area contributed by atoms with Gasteiger partial charge in [-0.2, -0.15) is 60.7 Å². The van der Waals surface area contributed by atoms with Crippen LogP contribution in [0.3, 0.4) is 0 Å². The molecule has 0 saturated heterocycles. The van der Waals surface area contributed by atoms with Crippen LogP contribution in [0.1, 0.15) is 22.3 Å². The number of nitrogens with zero attached hydrogens (tertiary/aromatic N) is 1. The van der Waals surface area contributed by atoms with E-state index in [-0.39, 0.29) is 32.7 Å². The van der Waals surface area contributed by atoms with Gasteiger partial charge in [-0.05, 0) is 10.9 Å². The Morgan fingerprint density at radius 3 is 2.00 bits per heavy atom. The van der Waals surface area contributed by atoms with Crippen molar-refractivity contribution >= 4 is 10.8 Å². The van der Waals surface area contributed by atoms with Crippen molar-refractivity contribution in [2.45, 2.75) is 5.41 Å². The normalized spacial score (nSPS) is 13.3. The number of benzene rings is 4. The number of hydrogen-bond donors (Lipinski definition) is 0. The first kappa shape index (κ1) is 19.4. The molecule has 0 N–H and O–H groups in total. The number of fused-ring (bicyclic) bond motifs is 5. The largest absolute Gasteiger partial charge is 0.255 e. The summed E-state index contributed by atoms with van der Waals surface area (Å²) in [5.74, 6) is 0. The third-order valence-electron chi connectivity index (χ3n) is 5.99. The molecule has 5 aromatic rings. The van der Waals surface area contributed by atoms with E-state index in [1.165, 1.54) is 22.1 Å². The van der Waals surface area contributed by atoms with E-state index in [0.29, 0.717) is 0 Å². The summed E-state index contributed by atoms with van der Waals surface area (Å²) < 4.78 is 0. The molecule has 6 rings (SSSR count). The molecule has 139 valence electrons. The molecule has 4 aromatic carbocycles. The predicted molar refractivity (Wildman–Crippen MR) is 117 cm³/mol. The summed E-state index contributed by atoms with van der Waals surface area (Å²) in [5.41, 5.74) is 6.43. The second-order valence-electron chi connectivity index (χ2n) is 7.42. The van der Waals surface area contributed by atoms with Crippen LogP contribution in [0.5, 0.6) is 0 Å². The van der Waals surface area contributed by atoms with Crippen LogP contribution in [-0.4, -0.2) is 4.98 Å². The zero-order valence-electron chi connectivity index (χ0n) is 16.3. The summed E-state index contributed by atoms with van der Waals surface area (Å²) >= 11 is 0. The van der Waals surface area contributed by atoms with Gasteiger partial charge in [-0.1, -0.05) is 48.5 Å². The molecular formula is C28H17NY-2. The van der Waals surface area contributed by atoms with E-state index in [0.717, 1.165) is 22.2 Å². The number of pyridine rings is 1. The summed E-state index contributed by atoms with van der Waals surface area (Å²) in [6.07, 6.45) is 1.99. The van der Waals surface area contributed by atoms with Crippen molar-refractivity contribution in [1.82, 2.24) is 4.98 Å². The smallest absolute Gasteiger partial charge is 0.0758 e. The topological polar surface area (TPSA) is 12.9 Å². The Morgan fingerprint density at radius 2 is 1.30 bits per heavy atom. The van der Waals surface area contributed by atoms with E-state index in [4.69, 9.17) is 4.98 Å². The predicted octanol–water partition coefficient (Wildman–Crippen LogP) is 6.20. The minimum atomic E-state index is -0.498. The van der Waals surface area contributed by atoms with Gasteiger partial charge in [0, 0.05) is 60.8 Å². The van der Waals surface area contributed by atoms with Crippen molar-refractivity contribution in [2.75, 3.05) is 0 Å². The summed E-state index contributed by atoms with van der Waals surface area (Å²) in [6, 6.07) is 40.8. The van der Waals surface area contributed by atoms with Gasteiger partial charge in [0.15, 0.2) is 0 Å². The second kappa shape index (κ2) is 7.58. The van der Waals surface area contributed by atoms with Gasteiger partial charge in [-0.3, -0.25) is 4.98 Å². The van der Waals surface area contributed by atoms with Crippen LogP contribution in [-0.2, 0) is 38.1 Å². The van der Waals surface area contributed by atoms with Gasteiger partial charge in [-0.15, -0.1) is 11.1 Å². The molecule has 1 radical (unpaired) electrons. The molecule has 2 heteroatoms. The van der Waals surface area contributed by atoms with E-state index in [1.807, 2.05) is 30.5 Å². The SMILES string of the molecule is [Y].[c-]1ccccc1C1(c2[c-]cccc2)c2ccccc2-c2ncc3ccccc3c21. The standard InChI is InChI=1S/C28H17N.Y/c1-3-12-21(13-4-1)28(22-14-5-2-6-15-22)25-18-10-9-17-24(25)27-26(28)23-16-8-7-11-20(23)19-29-27;/h1-12,14,16-19H;/q-2;. The molecule has 0 fully saturated rings. The molecule has 1 nitrogen and oxygen atoms in total. The minimum Gasteiger partial charge on any atom is -0.255 e. The van der Waals surface area contributed by atoms with Gasteiger partial charge in [0.2, 0.25) is 0 Å². The van der Waals surface area contributed by atoms with Gasteiger partial charge in [0.1, 0.15) is 0 Å². The number of rotatable bonds is 2. The summed E-state index contributed by atoms with van der Waals surface area (Å²) in [5, 5.41) is 2.37. The zero-order valence-corrected chi connectivity index (χ0v) is 19.2. The molecule has 0 amide bonds. The Balaban J connectivity index is 0.00000193. The van der Waals surface area contributed by atoms with Crippen molar-refractivity contribution in [2.24, 2.45) is 0 Å². The average molecular weight is 456 g/mol. The van der Waals surface area contributed by atoms with Crippen molar-refractivity contribution in [3.8, 4) is 11.3 Å². The van der Waals surface area contributed by atoms with Crippen LogP contribution in [0, 0.1) is 12.1 Å². The molecule has 1 aromatic heterocycles. The van der Waals surface area contributed by atoms with Gasteiger partial charge in [0.25, 0.3) is 0 Å². The molecule has 1 aliphatic rings. The summed E-state index contributed by atoms with van der Waals surface area (Å²) in [4.78, 5) is 4.95. The fourth-order valence-electron chi connectivity index (χ4n) is 4.86. The molecule has 0 saturated carbocycles. The molecular weight excluding hydrogens is 439 g/mol. The summed E-state index contributed by atoms with van der Waals surface area (Å²) in [7, 11) is 0. The van der Waals surface area contributed by atoms with Crippen LogP contribution in [0.4, 0.5) is 0 Å². The Hall–Kier alpha value is -2.61. The molecule has 1 heterocycles. The van der Waals surface area contributed by atoms with Crippen LogP contribution < -0.4 is 0 Å². The zero-order chi connectivity index (χ0) is 19.3. The second-order valence-corrected chi connectivity index (χ2v) is 7.42. The molecule has 0 spiro atoms. The Bertz CT molecular complexity index is 1300. The average Bonchev–Trinajstić information content (AvgIpc) is 3.12. The Morgan fingerprint density at radius 1 is 0.667 bits per heavy atom. The minimum absolute atomic E-state index is 0. The van der Waals surface area contributed by atoms with Gasteiger partial charge in [0.05, 0.1) is 5.69 Å². The fraction of sp³-hybridized carbons (Fsp3) is 0.0357. The maximum absolute atomic E-state index is 4.95. The van der Waals surface area contributed by atoms with E-state index in [2.05, 4.69) is 84.9 Å². The van der Waals surface area contributed by atoms with Crippen molar-refractivity contribution in [3.63, 3.8) is 0 Å². The third-order valence-corrected chi connectivity index (χ3v) is 5.99. The van der Waals surface area contributed by atoms with Crippen LogP contribution in [0.15, 0.2) is 103 Å². The van der Waals surface area contributed by atoms with Gasteiger partial charge in [-0.25, -0.2) is 0 Å². The van der Waals surface area contributed by atoms with E-state index in [1.54, 1.807) is 0 Å². The van der Waals surface area contributed by atoms with E-state index >= 15 is 0 Å². The van der Waals surface area contributed by atoms with Crippen molar-refractivity contribution < 1.29 is 32.7 Å². The molecule has 0 aliphatic heterocycles. The van der Waals surface area contributed by atoms with Crippen LogP contribution in [0.2, 0.25) is 0 Å². The number of aromatic nitrogens is 1. The van der Waals surface area contributed by atoms with Gasteiger partial charge >= 0.3 is 0 Å². The van der Waals surface area contributed by atoms with Crippen LogP contribution >= 0.6 is 0 Å². The first-order chi connectivity index (χ1) is 14.4. The van der Waals surface area contributed by atoms with E-state index in [9.17, 15) is 0 Å². The Labute approximate surface area is 201 Å². The van der Waals surface area contributed by atoms with Crippen LogP contribution in [0.25, 0.3) is 22.0 Å². The molecule has 1 aliphatic carbocycles. The third kappa shape index (κ3) is 2.59. The summed E-state index contributed by atoms with van der Waals surface area (Å²) in [6.45, 7) is 0. The van der Waals surface area contributed by atoms with E-state index < -0.39 is 5.41 Å². The monoisotopic (exact) mass is 456 g/mol. The van der Waals surface area contributed by atoms with Crippen molar-refractivity contribution in [1.29, 1.82) is 0 Å². The quantitative estimate of drug-likeness (QED) is 0.283. The first-order valence-corrected chi connectivity index (χ1v) is 9.83. The fourth-order valence-corrected chi connectivity index (χ4v) is 4.86. The Kier molecular flexibility index (Phi) is 4.89. The maximum Gasteiger partial charge on any atom is 0.0758 e. The maximum atomic E-state index is 4.95. The molecule has 30 heavy (non-hydrogen) atoms. The first-order valence-electron chi connectivity index (χ1n) is 9.83. The molecule has 0 unspecified atom stereocenters.